The van der Waals surface area contributed by atoms with Gasteiger partial charge in [0.05, 0.1) is 12.2 Å². The molecule has 1 amide bonds. The van der Waals surface area contributed by atoms with Gasteiger partial charge in [-0.15, -0.1) is 0 Å². The molecule has 0 radical (unpaired) electrons. The first kappa shape index (κ1) is 13.4. The van der Waals surface area contributed by atoms with Crippen molar-refractivity contribution in [1.29, 1.82) is 0 Å². The number of nitrogens with one attached hydrogen (secondary N) is 1. The van der Waals surface area contributed by atoms with E-state index >= 15 is 0 Å². The number of piperidine rings is 1. The molecule has 0 bridgehead atoms. The molecule has 3 aliphatic rings. The summed E-state index contributed by atoms with van der Waals surface area (Å²) >= 11 is 0. The van der Waals surface area contributed by atoms with Crippen LogP contribution < -0.4 is 5.32 Å². The first-order valence-corrected chi connectivity index (χ1v) is 7.93. The van der Waals surface area contributed by atoms with E-state index in [1.54, 1.807) is 0 Å². The lowest BCUT2D eigenvalue weighted by molar-refractivity contribution is -0.133. The molecule has 2 saturated heterocycles. The van der Waals surface area contributed by atoms with Crippen LogP contribution in [0.4, 0.5) is 0 Å². The zero-order valence-corrected chi connectivity index (χ0v) is 12.3. The van der Waals surface area contributed by atoms with Crippen LogP contribution in [0.3, 0.4) is 0 Å². The topological polar surface area (TPSA) is 35.6 Å². The first-order chi connectivity index (χ1) is 9.16. The second kappa shape index (κ2) is 5.41. The standard InChI is InChI=1S/C15H27N3O/c1-11-15(19)18(13-7-9-17(2)10-8-13)14(16-11)12-5-3-4-6-12/h11-14,16H,3-10H2,1-2H3. The smallest absolute Gasteiger partial charge is 0.240 e. The van der Waals surface area contributed by atoms with Gasteiger partial charge < -0.3 is 9.80 Å². The Hall–Kier alpha value is -0.610. The van der Waals surface area contributed by atoms with Crippen LogP contribution in [0.1, 0.15) is 45.4 Å². The molecule has 4 heteroatoms. The molecule has 0 spiro atoms. The van der Waals surface area contributed by atoms with E-state index in [9.17, 15) is 4.79 Å². The van der Waals surface area contributed by atoms with Crippen molar-refractivity contribution >= 4 is 5.91 Å². The summed E-state index contributed by atoms with van der Waals surface area (Å²) in [6, 6.07) is 0.483. The lowest BCUT2D eigenvalue weighted by atomic mass is 9.98. The molecule has 0 aromatic heterocycles. The molecule has 19 heavy (non-hydrogen) atoms. The predicted octanol–water partition coefficient (Wildman–Crippen LogP) is 1.42. The van der Waals surface area contributed by atoms with Crippen LogP contribution >= 0.6 is 0 Å². The molecule has 4 nitrogen and oxygen atoms in total. The van der Waals surface area contributed by atoms with Crippen LogP contribution in [0.2, 0.25) is 0 Å². The Morgan fingerprint density at radius 1 is 1.11 bits per heavy atom. The number of carbonyl (C=O) groups is 1. The average Bonchev–Trinajstić information content (AvgIpc) is 3.01. The quantitative estimate of drug-likeness (QED) is 0.820. The van der Waals surface area contributed by atoms with Crippen LogP contribution in [-0.4, -0.2) is 54.1 Å². The Kier molecular flexibility index (Phi) is 3.81. The molecule has 2 heterocycles. The Morgan fingerprint density at radius 3 is 2.37 bits per heavy atom. The van der Waals surface area contributed by atoms with Gasteiger partial charge in [0.25, 0.3) is 0 Å². The summed E-state index contributed by atoms with van der Waals surface area (Å²) < 4.78 is 0. The van der Waals surface area contributed by atoms with E-state index in [1.165, 1.54) is 25.7 Å². The summed E-state index contributed by atoms with van der Waals surface area (Å²) in [5, 5.41) is 3.57. The maximum absolute atomic E-state index is 12.5. The molecule has 1 saturated carbocycles. The average molecular weight is 265 g/mol. The molecule has 1 N–H and O–H groups in total. The van der Waals surface area contributed by atoms with E-state index in [1.807, 2.05) is 6.92 Å². The third-order valence-corrected chi connectivity index (χ3v) is 5.27. The largest absolute Gasteiger partial charge is 0.322 e. The van der Waals surface area contributed by atoms with E-state index in [0.29, 0.717) is 24.0 Å². The number of amides is 1. The third-order valence-electron chi connectivity index (χ3n) is 5.27. The maximum Gasteiger partial charge on any atom is 0.240 e. The molecule has 108 valence electrons. The lowest BCUT2D eigenvalue weighted by Crippen LogP contribution is -2.51. The monoisotopic (exact) mass is 265 g/mol. The summed E-state index contributed by atoms with van der Waals surface area (Å²) in [6.45, 7) is 4.28. The molecule has 2 aliphatic heterocycles. The molecule has 2 unspecified atom stereocenters. The second-order valence-electron chi connectivity index (χ2n) is 6.66. The third kappa shape index (κ3) is 2.52. The van der Waals surface area contributed by atoms with Gasteiger partial charge in [0, 0.05) is 6.04 Å². The number of rotatable bonds is 2. The van der Waals surface area contributed by atoms with Gasteiger partial charge in [0.2, 0.25) is 5.91 Å². The lowest BCUT2D eigenvalue weighted by Gasteiger charge is -2.39. The number of likely N-dealkylation sites (tertiary alicyclic amines) is 1. The van der Waals surface area contributed by atoms with Gasteiger partial charge in [-0.25, -0.2) is 0 Å². The SMILES string of the molecule is CC1NC(C2CCCC2)N(C2CCN(C)CC2)C1=O. The minimum absolute atomic E-state index is 0.0188. The molecular formula is C15H27N3O. The Labute approximate surface area is 116 Å². The van der Waals surface area contributed by atoms with Crippen LogP contribution in [0.5, 0.6) is 0 Å². The minimum Gasteiger partial charge on any atom is -0.322 e. The fourth-order valence-corrected chi connectivity index (χ4v) is 4.08. The number of nitrogens with zero attached hydrogens (tertiary/aromatic N) is 2. The van der Waals surface area contributed by atoms with Gasteiger partial charge in [0.15, 0.2) is 0 Å². The summed E-state index contributed by atoms with van der Waals surface area (Å²) in [5.74, 6) is 1.03. The van der Waals surface area contributed by atoms with Crippen LogP contribution in [0.15, 0.2) is 0 Å². The molecule has 3 rings (SSSR count). The molecule has 0 aromatic rings. The van der Waals surface area contributed by atoms with E-state index < -0.39 is 0 Å². The van der Waals surface area contributed by atoms with Crippen LogP contribution in [0, 0.1) is 5.92 Å². The highest BCUT2D eigenvalue weighted by molar-refractivity contribution is 5.84. The predicted molar refractivity (Wildman–Crippen MR) is 75.7 cm³/mol. The van der Waals surface area contributed by atoms with Crippen molar-refractivity contribution in [2.45, 2.75) is 63.7 Å². The van der Waals surface area contributed by atoms with Crippen molar-refractivity contribution in [3.63, 3.8) is 0 Å². The maximum atomic E-state index is 12.5. The van der Waals surface area contributed by atoms with Crippen molar-refractivity contribution in [2.24, 2.45) is 5.92 Å². The van der Waals surface area contributed by atoms with E-state index in [0.717, 1.165) is 25.9 Å². The fraction of sp³-hybridized carbons (Fsp3) is 0.933. The van der Waals surface area contributed by atoms with E-state index in [4.69, 9.17) is 0 Å². The van der Waals surface area contributed by atoms with Crippen molar-refractivity contribution in [2.75, 3.05) is 20.1 Å². The summed E-state index contributed by atoms with van der Waals surface area (Å²) in [6.07, 6.45) is 7.86. The fourth-order valence-electron chi connectivity index (χ4n) is 4.08. The Balaban J connectivity index is 1.73. The van der Waals surface area contributed by atoms with E-state index in [-0.39, 0.29) is 6.04 Å². The number of hydrogen-bond acceptors (Lipinski definition) is 3. The van der Waals surface area contributed by atoms with Crippen molar-refractivity contribution < 1.29 is 4.79 Å². The van der Waals surface area contributed by atoms with Gasteiger partial charge in [-0.05, 0) is 58.7 Å². The first-order valence-electron chi connectivity index (χ1n) is 7.93. The van der Waals surface area contributed by atoms with Gasteiger partial charge in [-0.3, -0.25) is 10.1 Å². The Bertz CT molecular complexity index is 332. The zero-order valence-electron chi connectivity index (χ0n) is 12.3. The minimum atomic E-state index is 0.0188. The van der Waals surface area contributed by atoms with Crippen LogP contribution in [-0.2, 0) is 4.79 Å². The molecule has 2 atom stereocenters. The van der Waals surface area contributed by atoms with Crippen molar-refractivity contribution in [3.8, 4) is 0 Å². The van der Waals surface area contributed by atoms with Gasteiger partial charge in [0.1, 0.15) is 0 Å². The van der Waals surface area contributed by atoms with Crippen molar-refractivity contribution in [3.05, 3.63) is 0 Å². The zero-order chi connectivity index (χ0) is 13.4. The Morgan fingerprint density at radius 2 is 1.74 bits per heavy atom. The van der Waals surface area contributed by atoms with E-state index in [2.05, 4.69) is 22.2 Å². The van der Waals surface area contributed by atoms with Gasteiger partial charge in [-0.2, -0.15) is 0 Å². The van der Waals surface area contributed by atoms with Gasteiger partial charge in [-0.1, -0.05) is 12.8 Å². The molecule has 0 aromatic carbocycles. The number of hydrogen-bond donors (Lipinski definition) is 1. The highest BCUT2D eigenvalue weighted by Gasteiger charge is 2.44. The summed E-state index contributed by atoms with van der Waals surface area (Å²) in [4.78, 5) is 17.1. The van der Waals surface area contributed by atoms with Gasteiger partial charge >= 0.3 is 0 Å². The molecular weight excluding hydrogens is 238 g/mol. The summed E-state index contributed by atoms with van der Waals surface area (Å²) in [7, 11) is 2.18. The van der Waals surface area contributed by atoms with Crippen molar-refractivity contribution in [1.82, 2.24) is 15.1 Å². The summed E-state index contributed by atoms with van der Waals surface area (Å²) in [5.41, 5.74) is 0. The normalized spacial score (nSPS) is 35.5. The highest BCUT2D eigenvalue weighted by Crippen LogP contribution is 2.34. The second-order valence-corrected chi connectivity index (χ2v) is 6.66. The van der Waals surface area contributed by atoms with Crippen LogP contribution in [0.25, 0.3) is 0 Å². The molecule has 1 aliphatic carbocycles. The highest BCUT2D eigenvalue weighted by atomic mass is 16.2. The molecule has 3 fully saturated rings. The number of carbonyl (C=O) groups excluding carboxylic acids is 1.